The van der Waals surface area contributed by atoms with Gasteiger partial charge in [0.2, 0.25) is 5.91 Å². The number of hydrogen-bond donors (Lipinski definition) is 1. The number of rotatable bonds is 8. The lowest BCUT2D eigenvalue weighted by molar-refractivity contribution is -0.115. The van der Waals surface area contributed by atoms with Gasteiger partial charge in [-0.25, -0.2) is 9.97 Å². The maximum absolute atomic E-state index is 12.3. The molecule has 3 aromatic rings. The molecule has 28 heavy (non-hydrogen) atoms. The molecule has 0 saturated heterocycles. The van der Waals surface area contributed by atoms with E-state index < -0.39 is 0 Å². The van der Waals surface area contributed by atoms with Crippen LogP contribution in [0.3, 0.4) is 0 Å². The summed E-state index contributed by atoms with van der Waals surface area (Å²) in [6, 6.07) is 11.5. The number of benzene rings is 1. The van der Waals surface area contributed by atoms with E-state index in [0.29, 0.717) is 27.9 Å². The second-order valence-corrected chi connectivity index (χ2v) is 8.13. The zero-order valence-electron chi connectivity index (χ0n) is 15.7. The lowest BCUT2D eigenvalue weighted by atomic mass is 10.2. The van der Waals surface area contributed by atoms with E-state index in [1.807, 2.05) is 24.3 Å². The number of methoxy groups -OCH3 is 1. The third kappa shape index (κ3) is 5.00. The van der Waals surface area contributed by atoms with Crippen LogP contribution in [0.4, 0.5) is 5.13 Å². The number of anilines is 1. The van der Waals surface area contributed by atoms with Gasteiger partial charge in [0, 0.05) is 17.9 Å². The SMILES string of the molecule is CCCc1ccc(C#N)c(SCCC(=O)Nc2nc3ccc(OC)cc3s2)n1. The summed E-state index contributed by atoms with van der Waals surface area (Å²) in [5.41, 5.74) is 2.34. The van der Waals surface area contributed by atoms with Crippen LogP contribution < -0.4 is 10.1 Å². The molecule has 1 aromatic carbocycles. The Morgan fingerprint density at radius 1 is 1.32 bits per heavy atom. The minimum atomic E-state index is -0.109. The average molecular weight is 413 g/mol. The summed E-state index contributed by atoms with van der Waals surface area (Å²) in [7, 11) is 1.62. The van der Waals surface area contributed by atoms with Gasteiger partial charge >= 0.3 is 0 Å². The molecule has 0 aliphatic carbocycles. The summed E-state index contributed by atoms with van der Waals surface area (Å²) < 4.78 is 6.17. The number of aryl methyl sites for hydroxylation is 1. The molecule has 1 N–H and O–H groups in total. The third-order valence-corrected chi connectivity index (χ3v) is 5.88. The van der Waals surface area contributed by atoms with E-state index >= 15 is 0 Å². The Kier molecular flexibility index (Phi) is 6.85. The summed E-state index contributed by atoms with van der Waals surface area (Å²) in [4.78, 5) is 21.2. The molecular formula is C20H20N4O2S2. The van der Waals surface area contributed by atoms with Crippen molar-refractivity contribution < 1.29 is 9.53 Å². The lowest BCUT2D eigenvalue weighted by Crippen LogP contribution is -2.12. The van der Waals surface area contributed by atoms with Crippen molar-refractivity contribution in [3.8, 4) is 11.8 Å². The van der Waals surface area contributed by atoms with Crippen LogP contribution in [0.5, 0.6) is 5.75 Å². The Bertz CT molecular complexity index is 1030. The minimum absolute atomic E-state index is 0.109. The monoisotopic (exact) mass is 412 g/mol. The van der Waals surface area contributed by atoms with Gasteiger partial charge < -0.3 is 10.1 Å². The van der Waals surface area contributed by atoms with Crippen LogP contribution in [-0.4, -0.2) is 28.7 Å². The molecule has 0 atom stereocenters. The van der Waals surface area contributed by atoms with Crippen LogP contribution in [0, 0.1) is 11.3 Å². The highest BCUT2D eigenvalue weighted by Gasteiger charge is 2.11. The van der Waals surface area contributed by atoms with Gasteiger partial charge in [0.05, 0.1) is 22.9 Å². The first-order valence-electron chi connectivity index (χ1n) is 8.90. The lowest BCUT2D eigenvalue weighted by Gasteiger charge is -2.06. The summed E-state index contributed by atoms with van der Waals surface area (Å²) in [5.74, 6) is 1.19. The molecule has 0 fully saturated rings. The van der Waals surface area contributed by atoms with Crippen LogP contribution in [0.1, 0.15) is 31.0 Å². The standard InChI is InChI=1S/C20H20N4O2S2/c1-3-4-14-6-5-13(12-21)19(22-14)27-10-9-18(25)24-20-23-16-8-7-15(26-2)11-17(16)28-20/h5-8,11H,3-4,9-10H2,1-2H3,(H,23,24,25). The van der Waals surface area contributed by atoms with Crippen molar-refractivity contribution in [3.05, 3.63) is 41.6 Å². The molecule has 144 valence electrons. The minimum Gasteiger partial charge on any atom is -0.497 e. The molecule has 2 aromatic heterocycles. The fourth-order valence-electron chi connectivity index (χ4n) is 2.58. The van der Waals surface area contributed by atoms with Crippen molar-refractivity contribution in [2.24, 2.45) is 0 Å². The van der Waals surface area contributed by atoms with Gasteiger partial charge in [0.25, 0.3) is 0 Å². The Morgan fingerprint density at radius 2 is 2.18 bits per heavy atom. The molecule has 1 amide bonds. The number of nitrogens with one attached hydrogen (secondary N) is 1. The highest BCUT2D eigenvalue weighted by Crippen LogP contribution is 2.29. The number of ether oxygens (including phenoxy) is 1. The van der Waals surface area contributed by atoms with Gasteiger partial charge in [-0.15, -0.1) is 11.8 Å². The van der Waals surface area contributed by atoms with Gasteiger partial charge in [0.15, 0.2) is 5.13 Å². The molecule has 0 aliphatic heterocycles. The number of nitriles is 1. The number of thioether (sulfide) groups is 1. The van der Waals surface area contributed by atoms with Crippen LogP contribution >= 0.6 is 23.1 Å². The number of fused-ring (bicyclic) bond motifs is 1. The number of carbonyl (C=O) groups is 1. The Labute approximate surface area is 172 Å². The molecule has 0 spiro atoms. The molecule has 3 rings (SSSR count). The van der Waals surface area contributed by atoms with Crippen molar-refractivity contribution in [1.29, 1.82) is 5.26 Å². The van der Waals surface area contributed by atoms with Crippen molar-refractivity contribution in [1.82, 2.24) is 9.97 Å². The van der Waals surface area contributed by atoms with Gasteiger partial charge in [-0.05, 0) is 36.8 Å². The maximum Gasteiger partial charge on any atom is 0.226 e. The Balaban J connectivity index is 1.57. The molecule has 8 heteroatoms. The van der Waals surface area contributed by atoms with E-state index in [2.05, 4.69) is 28.3 Å². The molecule has 0 unspecified atom stereocenters. The second kappa shape index (κ2) is 9.53. The summed E-state index contributed by atoms with van der Waals surface area (Å²) in [6.45, 7) is 2.09. The number of carbonyl (C=O) groups excluding carboxylic acids is 1. The molecule has 0 radical (unpaired) electrons. The Morgan fingerprint density at radius 3 is 2.93 bits per heavy atom. The fourth-order valence-corrected chi connectivity index (χ4v) is 4.42. The van der Waals surface area contributed by atoms with Gasteiger partial charge in [0.1, 0.15) is 16.8 Å². The van der Waals surface area contributed by atoms with E-state index in [1.165, 1.54) is 23.1 Å². The topological polar surface area (TPSA) is 87.9 Å². The first kappa shape index (κ1) is 20.1. The van der Waals surface area contributed by atoms with Crippen molar-refractivity contribution in [2.45, 2.75) is 31.2 Å². The zero-order valence-corrected chi connectivity index (χ0v) is 17.3. The number of hydrogen-bond acceptors (Lipinski definition) is 7. The fraction of sp³-hybridized carbons (Fsp3) is 0.300. The quantitative estimate of drug-likeness (QED) is 0.542. The summed E-state index contributed by atoms with van der Waals surface area (Å²) in [6.07, 6.45) is 2.19. The van der Waals surface area contributed by atoms with Crippen molar-refractivity contribution >= 4 is 44.4 Å². The van der Waals surface area contributed by atoms with E-state index in [4.69, 9.17) is 4.74 Å². The molecule has 0 bridgehead atoms. The highest BCUT2D eigenvalue weighted by molar-refractivity contribution is 7.99. The first-order valence-corrected chi connectivity index (χ1v) is 10.7. The predicted molar refractivity (Wildman–Crippen MR) is 113 cm³/mol. The van der Waals surface area contributed by atoms with Crippen molar-refractivity contribution in [2.75, 3.05) is 18.2 Å². The average Bonchev–Trinajstić information content (AvgIpc) is 3.09. The molecule has 0 saturated carbocycles. The van der Waals surface area contributed by atoms with Gasteiger partial charge in [-0.1, -0.05) is 24.7 Å². The predicted octanol–water partition coefficient (Wildman–Crippen LogP) is 4.64. The maximum atomic E-state index is 12.3. The molecule has 0 aliphatic rings. The van der Waals surface area contributed by atoms with Crippen molar-refractivity contribution in [3.63, 3.8) is 0 Å². The summed E-state index contributed by atoms with van der Waals surface area (Å²) in [5, 5.41) is 13.4. The smallest absolute Gasteiger partial charge is 0.226 e. The van der Waals surface area contributed by atoms with Crippen LogP contribution in [0.2, 0.25) is 0 Å². The number of pyridine rings is 1. The highest BCUT2D eigenvalue weighted by atomic mass is 32.2. The normalized spacial score (nSPS) is 10.6. The van der Waals surface area contributed by atoms with Gasteiger partial charge in [-0.2, -0.15) is 5.26 Å². The molecular weight excluding hydrogens is 392 g/mol. The number of nitrogens with zero attached hydrogens (tertiary/aromatic N) is 3. The van der Waals surface area contributed by atoms with E-state index in [0.717, 1.165) is 34.5 Å². The van der Waals surface area contributed by atoms with E-state index in [1.54, 1.807) is 13.2 Å². The first-order chi connectivity index (χ1) is 13.6. The van der Waals surface area contributed by atoms with Crippen LogP contribution in [0.15, 0.2) is 35.4 Å². The molecule has 2 heterocycles. The number of thiazole rings is 1. The van der Waals surface area contributed by atoms with E-state index in [9.17, 15) is 10.1 Å². The Hall–Kier alpha value is -2.63. The third-order valence-electron chi connectivity index (χ3n) is 3.95. The van der Waals surface area contributed by atoms with Gasteiger partial charge in [-0.3, -0.25) is 4.79 Å². The van der Waals surface area contributed by atoms with E-state index in [-0.39, 0.29) is 5.91 Å². The number of amides is 1. The molecule has 6 nitrogen and oxygen atoms in total. The summed E-state index contributed by atoms with van der Waals surface area (Å²) >= 11 is 2.85. The van der Waals surface area contributed by atoms with Crippen LogP contribution in [-0.2, 0) is 11.2 Å². The van der Waals surface area contributed by atoms with Crippen LogP contribution in [0.25, 0.3) is 10.2 Å². The zero-order chi connectivity index (χ0) is 19.9. The second-order valence-electron chi connectivity index (χ2n) is 6.02. The number of aromatic nitrogens is 2. The largest absolute Gasteiger partial charge is 0.497 e.